The first-order chi connectivity index (χ1) is 14.5. The van der Waals surface area contributed by atoms with Crippen LogP contribution >= 0.6 is 23.2 Å². The number of rotatable bonds is 6. The lowest BCUT2D eigenvalue weighted by molar-refractivity contribution is 0.160. The van der Waals surface area contributed by atoms with Crippen molar-refractivity contribution in [2.75, 3.05) is 30.7 Å². The van der Waals surface area contributed by atoms with Crippen LogP contribution in [-0.4, -0.2) is 45.5 Å². The maximum atomic E-state index is 6.34. The van der Waals surface area contributed by atoms with Crippen LogP contribution in [0, 0.1) is 0 Å². The summed E-state index contributed by atoms with van der Waals surface area (Å²) in [7, 11) is 0. The number of pyridine rings is 1. The molecule has 3 aromatic rings. The van der Waals surface area contributed by atoms with Gasteiger partial charge in [0.25, 0.3) is 0 Å². The Balaban J connectivity index is 1.46. The van der Waals surface area contributed by atoms with E-state index in [0.29, 0.717) is 44.6 Å². The van der Waals surface area contributed by atoms with Crippen molar-refractivity contribution in [2.24, 2.45) is 0 Å². The molecular weight excluding hydrogens is 419 g/mol. The van der Waals surface area contributed by atoms with Gasteiger partial charge in [-0.15, -0.1) is 0 Å². The first-order valence-corrected chi connectivity index (χ1v) is 11.1. The minimum absolute atomic E-state index is 0.334. The Hall–Kier alpha value is -2.15. The number of hydrogen-bond donors (Lipinski definition) is 2. The van der Waals surface area contributed by atoms with Gasteiger partial charge in [-0.2, -0.15) is 4.98 Å². The van der Waals surface area contributed by atoms with Gasteiger partial charge in [-0.05, 0) is 50.9 Å². The first-order valence-electron chi connectivity index (χ1n) is 10.4. The van der Waals surface area contributed by atoms with Crippen molar-refractivity contribution in [2.45, 2.75) is 38.6 Å². The summed E-state index contributed by atoms with van der Waals surface area (Å²) in [6, 6.07) is 7.92. The van der Waals surface area contributed by atoms with Crippen LogP contribution in [0.2, 0.25) is 10.0 Å². The maximum Gasteiger partial charge on any atom is 0.224 e. The number of likely N-dealkylation sites (tertiary alicyclic amines) is 1. The fourth-order valence-electron chi connectivity index (χ4n) is 3.99. The first kappa shape index (κ1) is 21.1. The van der Waals surface area contributed by atoms with Crippen molar-refractivity contribution >= 4 is 46.0 Å². The van der Waals surface area contributed by atoms with Crippen LogP contribution in [0.5, 0.6) is 0 Å². The number of anilines is 2. The second kappa shape index (κ2) is 9.33. The highest BCUT2D eigenvalue weighted by Gasteiger charge is 2.17. The average molecular weight is 445 g/mol. The number of benzene rings is 1. The Morgan fingerprint density at radius 1 is 1.20 bits per heavy atom. The molecule has 1 atom stereocenters. The number of hydrogen-bond acceptors (Lipinski definition) is 6. The molecule has 1 aliphatic heterocycles. The molecule has 158 valence electrons. The molecule has 0 aliphatic carbocycles. The van der Waals surface area contributed by atoms with Crippen LogP contribution in [0.1, 0.15) is 32.6 Å². The van der Waals surface area contributed by atoms with E-state index in [1.165, 1.54) is 25.8 Å². The summed E-state index contributed by atoms with van der Waals surface area (Å²) >= 11 is 12.7. The third-order valence-electron chi connectivity index (χ3n) is 5.68. The molecule has 1 saturated heterocycles. The average Bonchev–Trinajstić information content (AvgIpc) is 2.72. The van der Waals surface area contributed by atoms with E-state index in [4.69, 9.17) is 28.9 Å². The number of aromatic nitrogens is 3. The molecule has 30 heavy (non-hydrogen) atoms. The van der Waals surface area contributed by atoms with Gasteiger partial charge < -0.3 is 16.0 Å². The van der Waals surface area contributed by atoms with Crippen molar-refractivity contribution in [1.82, 2.24) is 19.9 Å². The summed E-state index contributed by atoms with van der Waals surface area (Å²) in [6.45, 7) is 5.43. The highest BCUT2D eigenvalue weighted by Crippen LogP contribution is 2.38. The molecular formula is C22H26Cl2N6. The van der Waals surface area contributed by atoms with Crippen LogP contribution in [-0.2, 0) is 0 Å². The summed E-state index contributed by atoms with van der Waals surface area (Å²) in [6.07, 6.45) is 6.75. The Bertz CT molecular complexity index is 1020. The van der Waals surface area contributed by atoms with Crippen molar-refractivity contribution in [3.63, 3.8) is 0 Å². The van der Waals surface area contributed by atoms with Crippen LogP contribution in [0.3, 0.4) is 0 Å². The van der Waals surface area contributed by atoms with Crippen LogP contribution in [0.15, 0.2) is 30.5 Å². The minimum atomic E-state index is 0.334. The van der Waals surface area contributed by atoms with Gasteiger partial charge in [0.05, 0.1) is 10.0 Å². The van der Waals surface area contributed by atoms with E-state index in [2.05, 4.69) is 32.1 Å². The number of nitrogens with two attached hydrogens (primary N) is 1. The number of halogens is 2. The SMILES string of the molecule is CC1CCCCN1CCCNc1ncc2cc(-c3c(Cl)cccc3Cl)c(N)nc2n1. The van der Waals surface area contributed by atoms with Gasteiger partial charge in [0.2, 0.25) is 5.95 Å². The van der Waals surface area contributed by atoms with Gasteiger partial charge in [0, 0.05) is 41.8 Å². The number of nitrogens with zero attached hydrogens (tertiary/aromatic N) is 4. The molecule has 1 unspecified atom stereocenters. The van der Waals surface area contributed by atoms with E-state index >= 15 is 0 Å². The highest BCUT2D eigenvalue weighted by molar-refractivity contribution is 6.39. The lowest BCUT2D eigenvalue weighted by atomic mass is 10.0. The zero-order chi connectivity index (χ0) is 21.1. The summed E-state index contributed by atoms with van der Waals surface area (Å²) in [5.74, 6) is 0.894. The fourth-order valence-corrected chi connectivity index (χ4v) is 4.59. The quantitative estimate of drug-likeness (QED) is 0.504. The van der Waals surface area contributed by atoms with Gasteiger partial charge >= 0.3 is 0 Å². The number of fused-ring (bicyclic) bond motifs is 1. The molecule has 1 fully saturated rings. The third-order valence-corrected chi connectivity index (χ3v) is 6.31. The standard InChI is InChI=1S/C22H26Cl2N6/c1-14-6-2-3-10-30(14)11-5-9-26-22-27-13-15-12-16(20(25)28-21(15)29-22)19-17(23)7-4-8-18(19)24/h4,7-8,12-14H,2-3,5-6,9-11H2,1H3,(H3,25,26,27,28,29). The van der Waals surface area contributed by atoms with Crippen molar-refractivity contribution in [1.29, 1.82) is 0 Å². The van der Waals surface area contributed by atoms with E-state index in [1.54, 1.807) is 24.4 Å². The minimum Gasteiger partial charge on any atom is -0.383 e. The normalized spacial score (nSPS) is 17.4. The van der Waals surface area contributed by atoms with Gasteiger partial charge in [0.1, 0.15) is 5.82 Å². The largest absolute Gasteiger partial charge is 0.383 e. The number of nitrogens with one attached hydrogen (secondary N) is 1. The Kier molecular flexibility index (Phi) is 6.56. The van der Waals surface area contributed by atoms with Crippen molar-refractivity contribution in [3.05, 3.63) is 40.5 Å². The summed E-state index contributed by atoms with van der Waals surface area (Å²) < 4.78 is 0. The van der Waals surface area contributed by atoms with E-state index in [9.17, 15) is 0 Å². The van der Waals surface area contributed by atoms with Crippen LogP contribution in [0.25, 0.3) is 22.2 Å². The zero-order valence-corrected chi connectivity index (χ0v) is 18.5. The number of nitrogen functional groups attached to an aromatic ring is 1. The zero-order valence-electron chi connectivity index (χ0n) is 17.0. The molecule has 3 heterocycles. The highest BCUT2D eigenvalue weighted by atomic mass is 35.5. The predicted octanol–water partition coefficient (Wildman–Crippen LogP) is 5.26. The Morgan fingerprint density at radius 3 is 2.77 bits per heavy atom. The molecule has 0 saturated carbocycles. The molecule has 0 amide bonds. The van der Waals surface area contributed by atoms with E-state index in [1.807, 2.05) is 6.07 Å². The van der Waals surface area contributed by atoms with Crippen LogP contribution < -0.4 is 11.1 Å². The topological polar surface area (TPSA) is 80.0 Å². The fraction of sp³-hybridized carbons (Fsp3) is 0.409. The van der Waals surface area contributed by atoms with Gasteiger partial charge in [-0.3, -0.25) is 0 Å². The van der Waals surface area contributed by atoms with Crippen molar-refractivity contribution in [3.8, 4) is 11.1 Å². The summed E-state index contributed by atoms with van der Waals surface area (Å²) in [5, 5.41) is 5.13. The molecule has 1 aliphatic rings. The molecule has 0 bridgehead atoms. The molecule has 8 heteroatoms. The summed E-state index contributed by atoms with van der Waals surface area (Å²) in [5.41, 5.74) is 8.10. The van der Waals surface area contributed by atoms with E-state index in [0.717, 1.165) is 24.9 Å². The van der Waals surface area contributed by atoms with E-state index in [-0.39, 0.29) is 0 Å². The molecule has 3 N–H and O–H groups in total. The molecule has 0 spiro atoms. The second-order valence-electron chi connectivity index (χ2n) is 7.79. The predicted molar refractivity (Wildman–Crippen MR) is 125 cm³/mol. The molecule has 1 aromatic carbocycles. The Morgan fingerprint density at radius 2 is 2.00 bits per heavy atom. The smallest absolute Gasteiger partial charge is 0.224 e. The third kappa shape index (κ3) is 4.61. The lowest BCUT2D eigenvalue weighted by Gasteiger charge is -2.33. The molecule has 4 rings (SSSR count). The monoisotopic (exact) mass is 444 g/mol. The Labute approximate surface area is 186 Å². The second-order valence-corrected chi connectivity index (χ2v) is 8.60. The van der Waals surface area contributed by atoms with Crippen molar-refractivity contribution < 1.29 is 0 Å². The van der Waals surface area contributed by atoms with Gasteiger partial charge in [-0.1, -0.05) is 35.7 Å². The summed E-state index contributed by atoms with van der Waals surface area (Å²) in [4.78, 5) is 16.0. The molecule has 2 aromatic heterocycles. The van der Waals surface area contributed by atoms with E-state index < -0.39 is 0 Å². The van der Waals surface area contributed by atoms with Gasteiger partial charge in [0.15, 0.2) is 5.65 Å². The van der Waals surface area contributed by atoms with Crippen LogP contribution in [0.4, 0.5) is 11.8 Å². The van der Waals surface area contributed by atoms with Gasteiger partial charge in [-0.25, -0.2) is 9.97 Å². The maximum absolute atomic E-state index is 6.34. The lowest BCUT2D eigenvalue weighted by Crippen LogP contribution is -2.38. The molecule has 0 radical (unpaired) electrons. The molecule has 6 nitrogen and oxygen atoms in total. The number of piperidine rings is 1.